The van der Waals surface area contributed by atoms with Gasteiger partial charge in [-0.05, 0) is 62.8 Å². The Hall–Kier alpha value is -3.69. The third kappa shape index (κ3) is 7.68. The molecule has 4 aromatic rings. The summed E-state index contributed by atoms with van der Waals surface area (Å²) in [6.07, 6.45) is 3.46. The lowest BCUT2D eigenvalue weighted by molar-refractivity contribution is -0.118. The van der Waals surface area contributed by atoms with Gasteiger partial charge < -0.3 is 4.74 Å². The molecule has 0 saturated heterocycles. The number of amides is 1. The quantitative estimate of drug-likeness (QED) is 0.128. The first-order valence-corrected chi connectivity index (χ1v) is 14.1. The summed E-state index contributed by atoms with van der Waals surface area (Å²) >= 11 is 4.74. The van der Waals surface area contributed by atoms with Crippen LogP contribution in [0.1, 0.15) is 31.9 Å². The minimum Gasteiger partial charge on any atom is -0.497 e. The number of nitrogens with zero attached hydrogens (tertiary/aromatic N) is 4. The van der Waals surface area contributed by atoms with Gasteiger partial charge in [0.05, 0.1) is 19.1 Å². The number of thioether (sulfide) groups is 1. The molecule has 0 atom stereocenters. The van der Waals surface area contributed by atoms with E-state index in [-0.39, 0.29) is 17.1 Å². The van der Waals surface area contributed by atoms with Crippen molar-refractivity contribution in [2.24, 2.45) is 5.10 Å². The summed E-state index contributed by atoms with van der Waals surface area (Å²) in [6, 6.07) is 25.8. The highest BCUT2D eigenvalue weighted by atomic mass is 79.9. The van der Waals surface area contributed by atoms with Crippen LogP contribution in [0.3, 0.4) is 0 Å². The van der Waals surface area contributed by atoms with Crippen LogP contribution in [0.25, 0.3) is 23.2 Å². The number of ether oxygens (including phenoxy) is 1. The largest absolute Gasteiger partial charge is 0.497 e. The predicted octanol–water partition coefficient (Wildman–Crippen LogP) is 6.87. The van der Waals surface area contributed by atoms with Crippen LogP contribution in [-0.2, 0) is 10.2 Å². The zero-order valence-electron chi connectivity index (χ0n) is 22.3. The molecule has 0 aliphatic carbocycles. The molecule has 0 aliphatic heterocycles. The molecule has 7 nitrogen and oxygen atoms in total. The minimum absolute atomic E-state index is 0.0476. The van der Waals surface area contributed by atoms with Crippen molar-refractivity contribution >= 4 is 45.9 Å². The summed E-state index contributed by atoms with van der Waals surface area (Å²) in [6.45, 7) is 6.55. The van der Waals surface area contributed by atoms with Crippen LogP contribution in [-0.4, -0.2) is 39.7 Å². The van der Waals surface area contributed by atoms with Crippen molar-refractivity contribution in [3.05, 3.63) is 94.5 Å². The van der Waals surface area contributed by atoms with Gasteiger partial charge in [0.1, 0.15) is 5.75 Å². The molecule has 200 valence electrons. The van der Waals surface area contributed by atoms with Crippen molar-refractivity contribution in [2.45, 2.75) is 31.3 Å². The smallest absolute Gasteiger partial charge is 0.250 e. The minimum atomic E-state index is -0.253. The molecule has 4 rings (SSSR count). The number of benzene rings is 3. The Morgan fingerprint density at radius 2 is 1.72 bits per heavy atom. The van der Waals surface area contributed by atoms with Crippen LogP contribution in [0.2, 0.25) is 0 Å². The molecule has 1 aromatic heterocycles. The summed E-state index contributed by atoms with van der Waals surface area (Å²) in [7, 11) is 1.63. The summed E-state index contributed by atoms with van der Waals surface area (Å²) < 4.78 is 8.01. The van der Waals surface area contributed by atoms with Gasteiger partial charge in [-0.2, -0.15) is 5.10 Å². The first-order chi connectivity index (χ1) is 18.7. The van der Waals surface area contributed by atoms with E-state index in [0.717, 1.165) is 27.0 Å². The molecule has 0 bridgehead atoms. The number of aromatic nitrogens is 3. The van der Waals surface area contributed by atoms with E-state index in [4.69, 9.17) is 4.74 Å². The second-order valence-electron chi connectivity index (χ2n) is 9.69. The summed E-state index contributed by atoms with van der Waals surface area (Å²) in [5.41, 5.74) is 6.68. The third-order valence-corrected chi connectivity index (χ3v) is 7.15. The molecular weight excluding hydrogens is 574 g/mol. The number of hydrazone groups is 1. The van der Waals surface area contributed by atoms with E-state index in [9.17, 15) is 4.79 Å². The van der Waals surface area contributed by atoms with Crippen LogP contribution >= 0.6 is 27.7 Å². The molecule has 1 amide bonds. The average molecular weight is 605 g/mol. The molecule has 1 N–H and O–H groups in total. The van der Waals surface area contributed by atoms with Gasteiger partial charge in [-0.3, -0.25) is 9.36 Å². The molecule has 0 saturated carbocycles. The summed E-state index contributed by atoms with van der Waals surface area (Å²) in [5, 5.41) is 13.6. The zero-order valence-corrected chi connectivity index (χ0v) is 24.7. The summed E-state index contributed by atoms with van der Waals surface area (Å²) in [5.74, 6) is 1.31. The van der Waals surface area contributed by atoms with E-state index in [1.807, 2.05) is 65.2 Å². The van der Waals surface area contributed by atoms with Gasteiger partial charge in [0, 0.05) is 15.7 Å². The standard InChI is InChI=1S/C30H30BrN5O2S/c1-30(2,3)23-12-10-22(11-13-23)28-34-35-29(36(28)25-14-16-26(38-4)17-15-25)39-20-27(37)33-32-19-24(31)18-21-8-6-5-7-9-21/h5-19H,20H2,1-4H3,(H,33,37). The van der Waals surface area contributed by atoms with Crippen LogP contribution in [0, 0.1) is 0 Å². The van der Waals surface area contributed by atoms with E-state index < -0.39 is 0 Å². The SMILES string of the molecule is COc1ccc(-n2c(SCC(=O)NN=CC(Br)=Cc3ccccc3)nnc2-c2ccc(C(C)(C)C)cc2)cc1. The van der Waals surface area contributed by atoms with Gasteiger partial charge in [0.25, 0.3) is 5.91 Å². The number of allylic oxidation sites excluding steroid dienone is 1. The van der Waals surface area contributed by atoms with Gasteiger partial charge in [-0.15, -0.1) is 10.2 Å². The summed E-state index contributed by atoms with van der Waals surface area (Å²) in [4.78, 5) is 12.5. The number of halogens is 1. The highest BCUT2D eigenvalue weighted by Crippen LogP contribution is 2.30. The van der Waals surface area contributed by atoms with Gasteiger partial charge >= 0.3 is 0 Å². The van der Waals surface area contributed by atoms with E-state index in [2.05, 4.69) is 81.7 Å². The topological polar surface area (TPSA) is 81.4 Å². The number of carbonyl (C=O) groups is 1. The Balaban J connectivity index is 1.51. The molecule has 0 unspecified atom stereocenters. The highest BCUT2D eigenvalue weighted by molar-refractivity contribution is 9.12. The number of methoxy groups -OCH3 is 1. The third-order valence-electron chi connectivity index (χ3n) is 5.79. The Morgan fingerprint density at radius 3 is 2.36 bits per heavy atom. The van der Waals surface area contributed by atoms with Crippen molar-refractivity contribution in [3.63, 3.8) is 0 Å². The lowest BCUT2D eigenvalue weighted by Crippen LogP contribution is -2.19. The fraction of sp³-hybridized carbons (Fsp3) is 0.200. The molecule has 0 radical (unpaired) electrons. The van der Waals surface area contributed by atoms with Crippen molar-refractivity contribution in [2.75, 3.05) is 12.9 Å². The van der Waals surface area contributed by atoms with E-state index >= 15 is 0 Å². The maximum absolute atomic E-state index is 12.5. The van der Waals surface area contributed by atoms with Crippen molar-refractivity contribution < 1.29 is 9.53 Å². The molecule has 3 aromatic carbocycles. The number of hydrogen-bond donors (Lipinski definition) is 1. The number of nitrogens with one attached hydrogen (secondary N) is 1. The van der Waals surface area contributed by atoms with Crippen LogP contribution < -0.4 is 10.2 Å². The van der Waals surface area contributed by atoms with Crippen molar-refractivity contribution in [3.8, 4) is 22.8 Å². The van der Waals surface area contributed by atoms with E-state index in [0.29, 0.717) is 11.0 Å². The number of rotatable bonds is 9. The highest BCUT2D eigenvalue weighted by Gasteiger charge is 2.19. The van der Waals surface area contributed by atoms with Gasteiger partial charge in [-0.1, -0.05) is 87.1 Å². The lowest BCUT2D eigenvalue weighted by Gasteiger charge is -2.19. The normalized spacial score (nSPS) is 12.1. The van der Waals surface area contributed by atoms with Gasteiger partial charge in [-0.25, -0.2) is 5.43 Å². The molecular formula is C30H30BrN5O2S. The second-order valence-corrected chi connectivity index (χ2v) is 11.5. The molecule has 39 heavy (non-hydrogen) atoms. The maximum atomic E-state index is 12.5. The van der Waals surface area contributed by atoms with Crippen LogP contribution in [0.15, 0.2) is 93.6 Å². The van der Waals surface area contributed by atoms with Crippen LogP contribution in [0.5, 0.6) is 5.75 Å². The maximum Gasteiger partial charge on any atom is 0.250 e. The Kier molecular flexibility index (Phi) is 9.37. The monoisotopic (exact) mass is 603 g/mol. The Bertz CT molecular complexity index is 1460. The number of hydrogen-bond acceptors (Lipinski definition) is 6. The van der Waals surface area contributed by atoms with Gasteiger partial charge in [0.2, 0.25) is 0 Å². The Labute approximate surface area is 241 Å². The molecule has 0 fully saturated rings. The van der Waals surface area contributed by atoms with E-state index in [1.165, 1.54) is 17.3 Å². The predicted molar refractivity (Wildman–Crippen MR) is 163 cm³/mol. The van der Waals surface area contributed by atoms with Crippen molar-refractivity contribution in [1.29, 1.82) is 0 Å². The lowest BCUT2D eigenvalue weighted by atomic mass is 9.87. The Morgan fingerprint density at radius 1 is 1.03 bits per heavy atom. The first kappa shape index (κ1) is 28.3. The molecule has 0 spiro atoms. The fourth-order valence-corrected chi connectivity index (χ4v) is 4.82. The molecule has 1 heterocycles. The van der Waals surface area contributed by atoms with Crippen molar-refractivity contribution in [1.82, 2.24) is 20.2 Å². The second kappa shape index (κ2) is 12.9. The first-order valence-electron chi connectivity index (χ1n) is 12.3. The van der Waals surface area contributed by atoms with E-state index in [1.54, 1.807) is 13.3 Å². The molecule has 9 heteroatoms. The van der Waals surface area contributed by atoms with Gasteiger partial charge in [0.15, 0.2) is 11.0 Å². The van der Waals surface area contributed by atoms with Crippen LogP contribution in [0.4, 0.5) is 0 Å². The molecule has 0 aliphatic rings. The number of carbonyl (C=O) groups excluding carboxylic acids is 1. The average Bonchev–Trinajstić information content (AvgIpc) is 3.36. The zero-order chi connectivity index (χ0) is 27.8. The fourth-order valence-electron chi connectivity index (χ4n) is 3.71.